The van der Waals surface area contributed by atoms with Gasteiger partial charge in [0.05, 0.1) is 17.3 Å². The molecule has 0 radical (unpaired) electrons. The number of aromatic nitrogens is 1. The number of hydrogen-bond donors (Lipinski definition) is 2. The number of hydrazone groups is 1. The van der Waals surface area contributed by atoms with Crippen LogP contribution in [-0.2, 0) is 9.59 Å². The molecule has 1 aliphatic heterocycles. The number of hydrogen-bond acceptors (Lipinski definition) is 4. The van der Waals surface area contributed by atoms with E-state index in [0.29, 0.717) is 27.2 Å². The van der Waals surface area contributed by atoms with Gasteiger partial charge in [0.2, 0.25) is 5.91 Å². The number of fused-ring (bicyclic) bond motifs is 1. The van der Waals surface area contributed by atoms with Gasteiger partial charge in [0.1, 0.15) is 5.82 Å². The Morgan fingerprint density at radius 3 is 2.50 bits per heavy atom. The van der Waals surface area contributed by atoms with E-state index in [1.165, 1.54) is 11.1 Å². The molecule has 1 aromatic heterocycles. The van der Waals surface area contributed by atoms with Crippen molar-refractivity contribution in [2.24, 2.45) is 5.10 Å². The first-order valence-electron chi connectivity index (χ1n) is 12.1. The van der Waals surface area contributed by atoms with Crippen molar-refractivity contribution in [3.8, 4) is 11.1 Å². The molecule has 5 rings (SSSR count). The van der Waals surface area contributed by atoms with Gasteiger partial charge in [0, 0.05) is 46.3 Å². The zero-order chi connectivity index (χ0) is 26.8. The highest BCUT2D eigenvalue weighted by molar-refractivity contribution is 6.31. The van der Waals surface area contributed by atoms with Crippen molar-refractivity contribution in [3.63, 3.8) is 0 Å². The minimum Gasteiger partial charge on any atom is -0.481 e. The molecule has 0 unspecified atom stereocenters. The summed E-state index contributed by atoms with van der Waals surface area (Å²) in [5.41, 5.74) is 2.42. The van der Waals surface area contributed by atoms with E-state index >= 15 is 0 Å². The number of nitrogens with zero attached hydrogens (tertiary/aromatic N) is 2. The number of aliphatic carboxylic acids is 1. The molecule has 38 heavy (non-hydrogen) atoms. The topological polar surface area (TPSA) is 103 Å². The molecule has 1 aliphatic rings. The van der Waals surface area contributed by atoms with Gasteiger partial charge < -0.3 is 10.1 Å². The summed E-state index contributed by atoms with van der Waals surface area (Å²) in [6.07, 6.45) is -0.0442. The first kappa shape index (κ1) is 25.4. The third-order valence-corrected chi connectivity index (χ3v) is 6.77. The van der Waals surface area contributed by atoms with Crippen LogP contribution in [0, 0.1) is 5.82 Å². The predicted molar refractivity (Wildman–Crippen MR) is 144 cm³/mol. The Hall–Kier alpha value is -4.30. The van der Waals surface area contributed by atoms with Gasteiger partial charge in [-0.3, -0.25) is 14.4 Å². The van der Waals surface area contributed by atoms with Crippen LogP contribution >= 0.6 is 11.6 Å². The van der Waals surface area contributed by atoms with Crippen molar-refractivity contribution in [2.45, 2.75) is 31.7 Å². The normalized spacial score (nSPS) is 15.1. The lowest BCUT2D eigenvalue weighted by Crippen LogP contribution is -2.27. The summed E-state index contributed by atoms with van der Waals surface area (Å²) in [7, 11) is 0. The van der Waals surface area contributed by atoms with Crippen molar-refractivity contribution in [1.29, 1.82) is 0 Å². The van der Waals surface area contributed by atoms with Crippen molar-refractivity contribution in [2.75, 3.05) is 0 Å². The SMILES string of the molecule is O=C(O)CCCC(=O)N1N=C(c2c(-c3ccccc3)c3cc(Cl)ccc3[nH]c2=O)C[C@H]1c1ccccc1F. The summed E-state index contributed by atoms with van der Waals surface area (Å²) >= 11 is 6.33. The molecule has 192 valence electrons. The maximum absolute atomic E-state index is 14.9. The van der Waals surface area contributed by atoms with Gasteiger partial charge in [-0.15, -0.1) is 0 Å². The van der Waals surface area contributed by atoms with Gasteiger partial charge in [0.15, 0.2) is 0 Å². The number of carboxylic acid groups (broad SMARTS) is 1. The zero-order valence-electron chi connectivity index (χ0n) is 20.2. The molecular formula is C29H23ClFN3O4. The van der Waals surface area contributed by atoms with Crippen LogP contribution in [0.5, 0.6) is 0 Å². The number of carbonyl (C=O) groups excluding carboxylic acids is 1. The fraction of sp³-hybridized carbons (Fsp3) is 0.172. The van der Waals surface area contributed by atoms with Crippen LogP contribution in [0.2, 0.25) is 5.02 Å². The summed E-state index contributed by atoms with van der Waals surface area (Å²) in [4.78, 5) is 40.6. The van der Waals surface area contributed by atoms with Crippen LogP contribution in [-0.4, -0.2) is 32.7 Å². The molecule has 2 N–H and O–H groups in total. The second kappa shape index (κ2) is 10.6. The van der Waals surface area contributed by atoms with Gasteiger partial charge in [-0.05, 0) is 36.2 Å². The Morgan fingerprint density at radius 1 is 1.03 bits per heavy atom. The van der Waals surface area contributed by atoms with E-state index in [0.717, 1.165) is 5.56 Å². The van der Waals surface area contributed by atoms with Crippen LogP contribution in [0.25, 0.3) is 22.0 Å². The fourth-order valence-corrected chi connectivity index (χ4v) is 5.00. The average molecular weight is 532 g/mol. The number of amides is 1. The summed E-state index contributed by atoms with van der Waals surface area (Å²) in [6.45, 7) is 0. The number of carbonyl (C=O) groups is 2. The van der Waals surface area contributed by atoms with Gasteiger partial charge in [-0.2, -0.15) is 5.10 Å². The number of nitrogens with one attached hydrogen (secondary N) is 1. The fourth-order valence-electron chi connectivity index (χ4n) is 4.83. The number of halogens is 2. The maximum atomic E-state index is 14.9. The largest absolute Gasteiger partial charge is 0.481 e. The number of rotatable bonds is 7. The summed E-state index contributed by atoms with van der Waals surface area (Å²) in [5.74, 6) is -1.96. The lowest BCUT2D eigenvalue weighted by molar-refractivity contribution is -0.137. The van der Waals surface area contributed by atoms with Gasteiger partial charge >= 0.3 is 5.97 Å². The van der Waals surface area contributed by atoms with Gasteiger partial charge in [0.25, 0.3) is 5.56 Å². The smallest absolute Gasteiger partial charge is 0.303 e. The molecule has 0 saturated carbocycles. The minimum atomic E-state index is -1.01. The zero-order valence-corrected chi connectivity index (χ0v) is 20.9. The molecule has 0 aliphatic carbocycles. The number of benzene rings is 3. The Labute approximate surface area is 222 Å². The van der Waals surface area contributed by atoms with Gasteiger partial charge in [-0.25, -0.2) is 9.40 Å². The highest BCUT2D eigenvalue weighted by atomic mass is 35.5. The molecule has 4 aromatic rings. The predicted octanol–water partition coefficient (Wildman–Crippen LogP) is 5.92. The monoisotopic (exact) mass is 531 g/mol. The van der Waals surface area contributed by atoms with E-state index in [2.05, 4.69) is 10.1 Å². The van der Waals surface area contributed by atoms with Crippen molar-refractivity contribution in [1.82, 2.24) is 9.99 Å². The first-order valence-corrected chi connectivity index (χ1v) is 12.5. The van der Waals surface area contributed by atoms with Crippen molar-refractivity contribution >= 4 is 40.1 Å². The molecule has 0 saturated heterocycles. The van der Waals surface area contributed by atoms with E-state index in [-0.39, 0.29) is 36.8 Å². The standard InChI is InChI=1S/C29H23ClFN3O4/c30-18-13-14-22-20(15-18)27(17-7-2-1-3-8-17)28(29(38)32-22)23-16-24(19-9-4-5-10-21(19)31)34(33-23)25(35)11-6-12-26(36)37/h1-5,7-10,13-15,24H,6,11-12,16H2,(H,32,38)(H,36,37)/t24-/m0/s1. The van der Waals surface area contributed by atoms with Crippen LogP contribution in [0.3, 0.4) is 0 Å². The molecule has 2 heterocycles. The van der Waals surface area contributed by atoms with E-state index < -0.39 is 29.3 Å². The first-order chi connectivity index (χ1) is 18.3. The lowest BCUT2D eigenvalue weighted by atomic mass is 9.91. The van der Waals surface area contributed by atoms with Crippen LogP contribution < -0.4 is 5.56 Å². The minimum absolute atomic E-state index is 0.0801. The maximum Gasteiger partial charge on any atom is 0.303 e. The van der Waals surface area contributed by atoms with Crippen LogP contribution in [0.15, 0.2) is 82.7 Å². The highest BCUT2D eigenvalue weighted by Crippen LogP contribution is 2.38. The van der Waals surface area contributed by atoms with Crippen LogP contribution in [0.4, 0.5) is 4.39 Å². The van der Waals surface area contributed by atoms with Gasteiger partial charge in [-0.1, -0.05) is 60.1 Å². The summed E-state index contributed by atoms with van der Waals surface area (Å²) in [5, 5.41) is 15.9. The number of carboxylic acids is 1. The summed E-state index contributed by atoms with van der Waals surface area (Å²) in [6, 6.07) is 19.8. The third-order valence-electron chi connectivity index (χ3n) is 6.54. The number of H-pyrrole nitrogens is 1. The molecule has 7 nitrogen and oxygen atoms in total. The Bertz CT molecular complexity index is 1630. The molecule has 0 bridgehead atoms. The van der Waals surface area contributed by atoms with E-state index in [1.807, 2.05) is 30.3 Å². The van der Waals surface area contributed by atoms with Crippen LogP contribution in [0.1, 0.15) is 42.9 Å². The molecule has 0 spiro atoms. The van der Waals surface area contributed by atoms with Crippen molar-refractivity contribution < 1.29 is 19.1 Å². The lowest BCUT2D eigenvalue weighted by Gasteiger charge is -2.22. The average Bonchev–Trinajstić information content (AvgIpc) is 3.33. The van der Waals surface area contributed by atoms with Crippen molar-refractivity contribution in [3.05, 3.63) is 105 Å². The van der Waals surface area contributed by atoms with E-state index in [1.54, 1.807) is 36.4 Å². The molecule has 1 amide bonds. The second-order valence-corrected chi connectivity index (χ2v) is 9.47. The molecule has 3 aromatic carbocycles. The van der Waals surface area contributed by atoms with E-state index in [9.17, 15) is 18.8 Å². The molecule has 0 fully saturated rings. The summed E-state index contributed by atoms with van der Waals surface area (Å²) < 4.78 is 14.9. The Morgan fingerprint density at radius 2 is 1.76 bits per heavy atom. The number of pyridine rings is 1. The van der Waals surface area contributed by atoms with E-state index in [4.69, 9.17) is 16.7 Å². The quantitative estimate of drug-likeness (QED) is 0.309. The second-order valence-electron chi connectivity index (χ2n) is 9.03. The molecular weight excluding hydrogens is 509 g/mol. The third kappa shape index (κ3) is 4.95. The number of aromatic amines is 1. The Balaban J connectivity index is 1.68. The molecule has 9 heteroatoms. The molecule has 1 atom stereocenters. The highest BCUT2D eigenvalue weighted by Gasteiger charge is 2.36. The Kier molecular flexibility index (Phi) is 7.07.